The molecule has 1 fully saturated rings. The van der Waals surface area contributed by atoms with Gasteiger partial charge in [0.15, 0.2) is 0 Å². The van der Waals surface area contributed by atoms with E-state index < -0.39 is 6.10 Å². The average molecular weight is 204 g/mol. The fourth-order valence-electron chi connectivity index (χ4n) is 1.52. The van der Waals surface area contributed by atoms with Gasteiger partial charge >= 0.3 is 0 Å². The summed E-state index contributed by atoms with van der Waals surface area (Å²) in [6.07, 6.45) is 1.64. The molecule has 0 aromatic carbocycles. The van der Waals surface area contributed by atoms with Crippen LogP contribution in [0.3, 0.4) is 0 Å². The monoisotopic (exact) mass is 204 g/mol. The Morgan fingerprint density at radius 3 is 2.71 bits per heavy atom. The molecule has 1 rings (SSSR count). The minimum Gasteiger partial charge on any atom is -0.388 e. The van der Waals surface area contributed by atoms with E-state index in [0.29, 0.717) is 19.1 Å². The van der Waals surface area contributed by atoms with Crippen molar-refractivity contribution in [1.82, 2.24) is 0 Å². The highest BCUT2D eigenvalue weighted by molar-refractivity contribution is 4.62. The predicted molar refractivity (Wildman–Crippen MR) is 52.2 cm³/mol. The number of rotatable bonds is 6. The van der Waals surface area contributed by atoms with Gasteiger partial charge in [-0.05, 0) is 18.8 Å². The van der Waals surface area contributed by atoms with Gasteiger partial charge in [0.05, 0.1) is 13.2 Å². The first-order valence-electron chi connectivity index (χ1n) is 5.15. The fourth-order valence-corrected chi connectivity index (χ4v) is 1.52. The molecule has 1 aliphatic rings. The highest BCUT2D eigenvalue weighted by atomic mass is 16.5. The lowest BCUT2D eigenvalue weighted by Gasteiger charge is -2.22. The molecule has 84 valence electrons. The number of methoxy groups -OCH3 is 1. The molecular formula is C10H20O4. The van der Waals surface area contributed by atoms with Crippen molar-refractivity contribution in [1.29, 1.82) is 0 Å². The van der Waals surface area contributed by atoms with Crippen molar-refractivity contribution in [2.75, 3.05) is 40.1 Å². The molecule has 0 spiro atoms. The number of aliphatic hydroxyl groups excluding tert-OH is 1. The molecule has 0 aromatic rings. The Kier molecular flexibility index (Phi) is 6.10. The van der Waals surface area contributed by atoms with Crippen LogP contribution in [0.4, 0.5) is 0 Å². The zero-order valence-electron chi connectivity index (χ0n) is 8.78. The molecule has 0 bridgehead atoms. The number of ether oxygens (including phenoxy) is 3. The van der Waals surface area contributed by atoms with E-state index in [2.05, 4.69) is 0 Å². The largest absolute Gasteiger partial charge is 0.388 e. The Morgan fingerprint density at radius 2 is 2.07 bits per heavy atom. The topological polar surface area (TPSA) is 47.9 Å². The number of hydrogen-bond acceptors (Lipinski definition) is 4. The minimum atomic E-state index is -0.500. The van der Waals surface area contributed by atoms with Crippen molar-refractivity contribution in [3.8, 4) is 0 Å². The molecule has 0 saturated carbocycles. The summed E-state index contributed by atoms with van der Waals surface area (Å²) in [6, 6.07) is 0. The normalized spacial score (nSPS) is 21.0. The molecule has 4 nitrogen and oxygen atoms in total. The average Bonchev–Trinajstić information content (AvgIpc) is 2.20. The standard InChI is InChI=1S/C10H20O4/c1-12-7-10(11)8-14-6-9-2-4-13-5-3-9/h9-11H,2-8H2,1H3. The van der Waals surface area contributed by atoms with Crippen molar-refractivity contribution in [2.24, 2.45) is 5.92 Å². The second-order valence-electron chi connectivity index (χ2n) is 3.70. The molecular weight excluding hydrogens is 184 g/mol. The lowest BCUT2D eigenvalue weighted by Crippen LogP contribution is -2.25. The van der Waals surface area contributed by atoms with Crippen LogP contribution in [0.5, 0.6) is 0 Å². The summed E-state index contributed by atoms with van der Waals surface area (Å²) >= 11 is 0. The third kappa shape index (κ3) is 4.91. The molecule has 1 heterocycles. The van der Waals surface area contributed by atoms with E-state index in [1.54, 1.807) is 7.11 Å². The molecule has 14 heavy (non-hydrogen) atoms. The first-order chi connectivity index (χ1) is 6.83. The van der Waals surface area contributed by atoms with Gasteiger partial charge in [0.2, 0.25) is 0 Å². The van der Waals surface area contributed by atoms with Crippen molar-refractivity contribution in [2.45, 2.75) is 18.9 Å². The summed E-state index contributed by atoms with van der Waals surface area (Å²) in [7, 11) is 1.57. The molecule has 1 atom stereocenters. The molecule has 1 saturated heterocycles. The van der Waals surface area contributed by atoms with Gasteiger partial charge < -0.3 is 19.3 Å². The molecule has 1 N–H and O–H groups in total. The van der Waals surface area contributed by atoms with Crippen LogP contribution in [0.15, 0.2) is 0 Å². The number of aliphatic hydroxyl groups is 1. The van der Waals surface area contributed by atoms with Gasteiger partial charge in [0.1, 0.15) is 6.10 Å². The molecule has 0 radical (unpaired) electrons. The quantitative estimate of drug-likeness (QED) is 0.682. The van der Waals surface area contributed by atoms with Crippen LogP contribution >= 0.6 is 0 Å². The summed E-state index contributed by atoms with van der Waals surface area (Å²) < 4.78 is 15.4. The predicted octanol–water partition coefficient (Wildman–Crippen LogP) is 0.437. The Labute approximate surface area is 85.2 Å². The summed E-state index contributed by atoms with van der Waals surface area (Å²) in [4.78, 5) is 0. The molecule has 4 heteroatoms. The van der Waals surface area contributed by atoms with Crippen LogP contribution in [-0.4, -0.2) is 51.4 Å². The van der Waals surface area contributed by atoms with Gasteiger partial charge in [-0.15, -0.1) is 0 Å². The van der Waals surface area contributed by atoms with E-state index in [4.69, 9.17) is 14.2 Å². The van der Waals surface area contributed by atoms with E-state index >= 15 is 0 Å². The highest BCUT2D eigenvalue weighted by Crippen LogP contribution is 2.14. The second-order valence-corrected chi connectivity index (χ2v) is 3.70. The van der Waals surface area contributed by atoms with Gasteiger partial charge in [-0.3, -0.25) is 0 Å². The maximum Gasteiger partial charge on any atom is 0.101 e. The van der Waals surface area contributed by atoms with Crippen LogP contribution in [0.1, 0.15) is 12.8 Å². The number of hydrogen-bond donors (Lipinski definition) is 1. The second kappa shape index (κ2) is 7.17. The molecule has 0 aromatic heterocycles. The summed E-state index contributed by atoms with van der Waals surface area (Å²) in [6.45, 7) is 3.12. The van der Waals surface area contributed by atoms with Crippen LogP contribution in [-0.2, 0) is 14.2 Å². The van der Waals surface area contributed by atoms with E-state index in [1.807, 2.05) is 0 Å². The maximum atomic E-state index is 9.30. The van der Waals surface area contributed by atoms with Gasteiger partial charge in [-0.2, -0.15) is 0 Å². The molecule has 0 aliphatic carbocycles. The van der Waals surface area contributed by atoms with Crippen LogP contribution < -0.4 is 0 Å². The zero-order valence-corrected chi connectivity index (χ0v) is 8.78. The van der Waals surface area contributed by atoms with Gasteiger partial charge in [0.25, 0.3) is 0 Å². The van der Waals surface area contributed by atoms with Crippen molar-refractivity contribution in [3.63, 3.8) is 0 Å². The van der Waals surface area contributed by atoms with Gasteiger partial charge in [0, 0.05) is 26.9 Å². The molecule has 0 amide bonds. The molecule has 1 aliphatic heterocycles. The van der Waals surface area contributed by atoms with E-state index in [1.165, 1.54) is 0 Å². The third-order valence-electron chi connectivity index (χ3n) is 2.36. The van der Waals surface area contributed by atoms with Crippen molar-refractivity contribution < 1.29 is 19.3 Å². The van der Waals surface area contributed by atoms with E-state index in [0.717, 1.165) is 32.7 Å². The highest BCUT2D eigenvalue weighted by Gasteiger charge is 2.14. The van der Waals surface area contributed by atoms with Crippen LogP contribution in [0.2, 0.25) is 0 Å². The Balaban J connectivity index is 1.96. The SMILES string of the molecule is COCC(O)COCC1CCOCC1. The summed E-state index contributed by atoms with van der Waals surface area (Å²) in [5.41, 5.74) is 0. The summed E-state index contributed by atoms with van der Waals surface area (Å²) in [5.74, 6) is 0.596. The van der Waals surface area contributed by atoms with Crippen molar-refractivity contribution >= 4 is 0 Å². The summed E-state index contributed by atoms with van der Waals surface area (Å²) in [5, 5.41) is 9.30. The Bertz CT molecular complexity index is 134. The minimum absolute atomic E-state index is 0.341. The molecule has 1 unspecified atom stereocenters. The van der Waals surface area contributed by atoms with Crippen LogP contribution in [0, 0.1) is 5.92 Å². The van der Waals surface area contributed by atoms with Gasteiger partial charge in [-0.1, -0.05) is 0 Å². The Morgan fingerprint density at radius 1 is 1.36 bits per heavy atom. The van der Waals surface area contributed by atoms with E-state index in [-0.39, 0.29) is 0 Å². The zero-order chi connectivity index (χ0) is 10.2. The van der Waals surface area contributed by atoms with Crippen molar-refractivity contribution in [3.05, 3.63) is 0 Å². The lowest BCUT2D eigenvalue weighted by molar-refractivity contribution is -0.0301. The third-order valence-corrected chi connectivity index (χ3v) is 2.36. The maximum absolute atomic E-state index is 9.30. The smallest absolute Gasteiger partial charge is 0.101 e. The van der Waals surface area contributed by atoms with Gasteiger partial charge in [-0.25, -0.2) is 0 Å². The van der Waals surface area contributed by atoms with Crippen LogP contribution in [0.25, 0.3) is 0 Å². The first-order valence-corrected chi connectivity index (χ1v) is 5.15. The lowest BCUT2D eigenvalue weighted by atomic mass is 10.0. The van der Waals surface area contributed by atoms with E-state index in [9.17, 15) is 5.11 Å². The first kappa shape index (κ1) is 11.9. The fraction of sp³-hybridized carbons (Fsp3) is 1.00. The Hall–Kier alpha value is -0.160.